The van der Waals surface area contributed by atoms with Gasteiger partial charge in [0.05, 0.1) is 0 Å². The smallest absolute Gasteiger partial charge is 0.000000540 e. The average Bonchev–Trinajstić information content (AvgIpc) is 2.77. The number of hydrogen-bond donors (Lipinski definition) is 2. The van der Waals surface area contributed by atoms with Crippen LogP contribution in [0.25, 0.3) is 0 Å². The Kier molecular flexibility index (Phi) is 3.09. The van der Waals surface area contributed by atoms with Crippen LogP contribution in [0.2, 0.25) is 0 Å². The molecule has 0 aromatic rings. The first-order chi connectivity index (χ1) is 7.02. The largest absolute Gasteiger partial charge is 0.317 e. The van der Waals surface area contributed by atoms with Crippen molar-refractivity contribution in [1.29, 1.82) is 0 Å². The zero-order valence-corrected chi connectivity index (χ0v) is 10.5. The Morgan fingerprint density at radius 3 is 2.53 bits per heavy atom. The lowest BCUT2D eigenvalue weighted by molar-refractivity contribution is 0.309. The normalized spacial score (nSPS) is 29.4. The van der Waals surface area contributed by atoms with Gasteiger partial charge in [0.1, 0.15) is 0 Å². The minimum Gasteiger partial charge on any atom is -0.317 e. The molecule has 1 unspecified atom stereocenters. The molecular weight excluding hydrogens is 184 g/mol. The summed E-state index contributed by atoms with van der Waals surface area (Å²) in [6.45, 7) is 11.8. The van der Waals surface area contributed by atoms with Crippen molar-refractivity contribution >= 4 is 0 Å². The maximum atomic E-state index is 3.64. The van der Waals surface area contributed by atoms with E-state index in [1.165, 1.54) is 38.9 Å². The van der Waals surface area contributed by atoms with E-state index in [-0.39, 0.29) is 0 Å². The fourth-order valence-electron chi connectivity index (χ4n) is 2.88. The molecule has 2 rings (SSSR count). The van der Waals surface area contributed by atoms with Crippen molar-refractivity contribution in [2.24, 2.45) is 16.7 Å². The molecule has 0 bridgehead atoms. The summed E-state index contributed by atoms with van der Waals surface area (Å²) < 4.78 is 0. The summed E-state index contributed by atoms with van der Waals surface area (Å²) in [6, 6.07) is 0. The highest BCUT2D eigenvalue weighted by Gasteiger charge is 2.53. The van der Waals surface area contributed by atoms with E-state index in [4.69, 9.17) is 0 Å². The van der Waals surface area contributed by atoms with Gasteiger partial charge in [0.25, 0.3) is 0 Å². The highest BCUT2D eigenvalue weighted by atomic mass is 14.9. The molecule has 2 heteroatoms. The molecule has 0 aromatic carbocycles. The lowest BCUT2D eigenvalue weighted by atomic mass is 9.91. The van der Waals surface area contributed by atoms with Crippen molar-refractivity contribution in [3.8, 4) is 0 Å². The first-order valence-corrected chi connectivity index (χ1v) is 6.43. The first-order valence-electron chi connectivity index (χ1n) is 6.43. The van der Waals surface area contributed by atoms with Crippen LogP contribution in [0.1, 0.15) is 40.0 Å². The monoisotopic (exact) mass is 210 g/mol. The highest BCUT2D eigenvalue weighted by molar-refractivity contribution is 5.05. The fourth-order valence-corrected chi connectivity index (χ4v) is 2.88. The van der Waals surface area contributed by atoms with Crippen LogP contribution in [-0.4, -0.2) is 26.2 Å². The summed E-state index contributed by atoms with van der Waals surface area (Å²) in [5.74, 6) is 0.974. The van der Waals surface area contributed by atoms with Gasteiger partial charge in [-0.3, -0.25) is 0 Å². The van der Waals surface area contributed by atoms with E-state index < -0.39 is 0 Å². The van der Waals surface area contributed by atoms with E-state index in [1.54, 1.807) is 0 Å². The second-order valence-corrected chi connectivity index (χ2v) is 6.70. The molecule has 1 atom stereocenters. The summed E-state index contributed by atoms with van der Waals surface area (Å²) in [5.41, 5.74) is 1.17. The summed E-state index contributed by atoms with van der Waals surface area (Å²) in [7, 11) is 0. The van der Waals surface area contributed by atoms with Crippen LogP contribution in [0.3, 0.4) is 0 Å². The molecule has 2 fully saturated rings. The van der Waals surface area contributed by atoms with Gasteiger partial charge >= 0.3 is 0 Å². The predicted molar refractivity (Wildman–Crippen MR) is 65.0 cm³/mol. The van der Waals surface area contributed by atoms with Crippen LogP contribution in [0, 0.1) is 16.7 Å². The SMILES string of the molecule is CC(C)(C)CNCC1CC12CCNCC2. The lowest BCUT2D eigenvalue weighted by Gasteiger charge is -2.24. The van der Waals surface area contributed by atoms with E-state index >= 15 is 0 Å². The van der Waals surface area contributed by atoms with Crippen LogP contribution >= 0.6 is 0 Å². The molecule has 1 heterocycles. The van der Waals surface area contributed by atoms with E-state index in [1.807, 2.05) is 0 Å². The standard InChI is InChI=1S/C13H26N2/c1-12(2,3)10-15-9-11-8-13(11)4-6-14-7-5-13/h11,14-15H,4-10H2,1-3H3. The summed E-state index contributed by atoms with van der Waals surface area (Å²) in [5, 5.41) is 7.10. The molecule has 2 N–H and O–H groups in total. The Balaban J connectivity index is 1.66. The van der Waals surface area contributed by atoms with Gasteiger partial charge < -0.3 is 10.6 Å². The molecule has 1 spiro atoms. The number of rotatable bonds is 3. The zero-order valence-electron chi connectivity index (χ0n) is 10.5. The van der Waals surface area contributed by atoms with Crippen LogP contribution in [0.15, 0.2) is 0 Å². The van der Waals surface area contributed by atoms with Crippen LogP contribution < -0.4 is 10.6 Å². The van der Waals surface area contributed by atoms with Crippen molar-refractivity contribution in [2.75, 3.05) is 26.2 Å². The molecule has 1 aliphatic heterocycles. The maximum Gasteiger partial charge on any atom is -0.000000540 e. The van der Waals surface area contributed by atoms with Crippen LogP contribution in [0.4, 0.5) is 0 Å². The van der Waals surface area contributed by atoms with E-state index in [9.17, 15) is 0 Å². The molecule has 2 nitrogen and oxygen atoms in total. The van der Waals surface area contributed by atoms with Crippen molar-refractivity contribution in [3.63, 3.8) is 0 Å². The van der Waals surface area contributed by atoms with Crippen LogP contribution in [-0.2, 0) is 0 Å². The number of nitrogens with one attached hydrogen (secondary N) is 2. The quantitative estimate of drug-likeness (QED) is 0.744. The van der Waals surface area contributed by atoms with Crippen molar-refractivity contribution in [1.82, 2.24) is 10.6 Å². The second-order valence-electron chi connectivity index (χ2n) is 6.70. The molecule has 1 saturated carbocycles. The zero-order chi connectivity index (χ0) is 10.9. The third-order valence-electron chi connectivity index (χ3n) is 4.00. The summed E-state index contributed by atoms with van der Waals surface area (Å²) in [4.78, 5) is 0. The van der Waals surface area contributed by atoms with Gasteiger partial charge in [0, 0.05) is 0 Å². The van der Waals surface area contributed by atoms with Gasteiger partial charge in [-0.25, -0.2) is 0 Å². The molecule has 1 aliphatic carbocycles. The first kappa shape index (κ1) is 11.4. The average molecular weight is 210 g/mol. The molecule has 0 radical (unpaired) electrons. The van der Waals surface area contributed by atoms with Crippen molar-refractivity contribution in [2.45, 2.75) is 40.0 Å². The highest BCUT2D eigenvalue weighted by Crippen LogP contribution is 2.58. The van der Waals surface area contributed by atoms with Gasteiger partial charge in [-0.05, 0) is 62.2 Å². The van der Waals surface area contributed by atoms with E-state index in [0.29, 0.717) is 5.41 Å². The Hall–Kier alpha value is -0.0800. The Bertz CT molecular complexity index is 211. The van der Waals surface area contributed by atoms with Crippen LogP contribution in [0.5, 0.6) is 0 Å². The molecule has 2 aliphatic rings. The molecule has 0 amide bonds. The van der Waals surface area contributed by atoms with Gasteiger partial charge in [-0.2, -0.15) is 0 Å². The van der Waals surface area contributed by atoms with E-state index in [2.05, 4.69) is 31.4 Å². The summed E-state index contributed by atoms with van der Waals surface area (Å²) in [6.07, 6.45) is 4.30. The number of hydrogen-bond acceptors (Lipinski definition) is 2. The van der Waals surface area contributed by atoms with Gasteiger partial charge in [0.2, 0.25) is 0 Å². The minimum atomic E-state index is 0.427. The molecule has 88 valence electrons. The predicted octanol–water partition coefficient (Wildman–Crippen LogP) is 2.01. The van der Waals surface area contributed by atoms with Crippen molar-refractivity contribution < 1.29 is 0 Å². The second kappa shape index (κ2) is 4.06. The summed E-state index contributed by atoms with van der Waals surface area (Å²) >= 11 is 0. The van der Waals surface area contributed by atoms with Gasteiger partial charge in [-0.1, -0.05) is 20.8 Å². The van der Waals surface area contributed by atoms with Gasteiger partial charge in [0.15, 0.2) is 0 Å². The fraction of sp³-hybridized carbons (Fsp3) is 1.00. The lowest BCUT2D eigenvalue weighted by Crippen LogP contribution is -2.33. The Morgan fingerprint density at radius 2 is 1.93 bits per heavy atom. The molecule has 15 heavy (non-hydrogen) atoms. The maximum absolute atomic E-state index is 3.64. The van der Waals surface area contributed by atoms with Crippen molar-refractivity contribution in [3.05, 3.63) is 0 Å². The third-order valence-corrected chi connectivity index (χ3v) is 4.00. The minimum absolute atomic E-state index is 0.427. The van der Waals surface area contributed by atoms with Gasteiger partial charge in [-0.15, -0.1) is 0 Å². The van der Waals surface area contributed by atoms with E-state index in [0.717, 1.165) is 17.9 Å². The molecule has 0 aromatic heterocycles. The topological polar surface area (TPSA) is 24.1 Å². The number of piperidine rings is 1. The molecular formula is C13H26N2. The molecule has 1 saturated heterocycles. The third kappa shape index (κ3) is 2.94. The Labute approximate surface area is 94.2 Å². The Morgan fingerprint density at radius 1 is 1.27 bits per heavy atom.